The van der Waals surface area contributed by atoms with E-state index < -0.39 is 41.3 Å². The van der Waals surface area contributed by atoms with Gasteiger partial charge < -0.3 is 4.55 Å². The van der Waals surface area contributed by atoms with Crippen molar-refractivity contribution in [2.75, 3.05) is 7.05 Å². The molecule has 27 heavy (non-hydrogen) atoms. The van der Waals surface area contributed by atoms with Crippen molar-refractivity contribution < 1.29 is 48.1 Å². The Morgan fingerprint density at radius 2 is 1.41 bits per heavy atom. The van der Waals surface area contributed by atoms with Crippen molar-refractivity contribution in [3.63, 3.8) is 0 Å². The topological polar surface area (TPSA) is 77.3 Å². The molecule has 1 rings (SSSR count). The molecule has 0 aliphatic heterocycles. The summed E-state index contributed by atoms with van der Waals surface area (Å²) >= 11 is 0. The number of alkyl halides is 6. The van der Waals surface area contributed by atoms with Gasteiger partial charge in [0.15, 0.2) is 5.71 Å². The zero-order valence-corrected chi connectivity index (χ0v) is 15.8. The maximum absolute atomic E-state index is 12.7. The first-order valence-electron chi connectivity index (χ1n) is 7.04. The lowest BCUT2D eigenvalue weighted by Crippen LogP contribution is -2.40. The Morgan fingerprint density at radius 3 is 1.74 bits per heavy atom. The zero-order chi connectivity index (χ0) is 21.4. The van der Waals surface area contributed by atoms with Gasteiger partial charge in [0.05, 0.1) is 0 Å². The van der Waals surface area contributed by atoms with Gasteiger partial charge in [-0.1, -0.05) is 12.1 Å². The summed E-state index contributed by atoms with van der Waals surface area (Å²) < 4.78 is 121. The average molecular weight is 439 g/mol. The summed E-state index contributed by atoms with van der Waals surface area (Å²) in [4.78, 5) is 0. The normalized spacial score (nSPS) is 15.2. The number of benzene rings is 1. The van der Waals surface area contributed by atoms with Crippen LogP contribution in [0.5, 0.6) is 0 Å². The highest BCUT2D eigenvalue weighted by molar-refractivity contribution is 8.22. The van der Waals surface area contributed by atoms with Crippen LogP contribution in [0.15, 0.2) is 24.3 Å². The lowest BCUT2D eigenvalue weighted by Gasteiger charge is -2.24. The Hall–Kier alpha value is -1.60. The summed E-state index contributed by atoms with van der Waals surface area (Å²) in [6, 6.07) is 4.71. The van der Waals surface area contributed by atoms with E-state index in [-0.39, 0.29) is 5.56 Å². The Bertz CT molecular complexity index is 962. The maximum Gasteiger partial charge on any atom is 0.502 e. The SMILES string of the molecule is CC(C)=[N+](C)c1ccc(CC(S(=O)(=O)C(F)(F)F)=S(=O)([O-])C(F)(F)F)cc1. The van der Waals surface area contributed by atoms with Crippen LogP contribution in [0.4, 0.5) is 32.0 Å². The van der Waals surface area contributed by atoms with Crippen LogP contribution in [-0.2, 0) is 26.1 Å². The minimum atomic E-state index is -6.72. The lowest BCUT2D eigenvalue weighted by atomic mass is 10.1. The van der Waals surface area contributed by atoms with Crippen molar-refractivity contribution in [3.8, 4) is 0 Å². The Kier molecular flexibility index (Phi) is 6.45. The third-order valence-corrected chi connectivity index (χ3v) is 7.57. The van der Waals surface area contributed by atoms with Crippen molar-refractivity contribution >= 4 is 35.2 Å². The molecule has 0 bridgehead atoms. The van der Waals surface area contributed by atoms with E-state index in [0.717, 1.165) is 17.8 Å². The van der Waals surface area contributed by atoms with Crippen molar-refractivity contribution in [2.24, 2.45) is 0 Å². The highest BCUT2D eigenvalue weighted by Gasteiger charge is 2.52. The van der Waals surface area contributed by atoms with E-state index in [1.807, 2.05) is 0 Å². The first-order valence-corrected chi connectivity index (χ1v) is 10.0. The smallest absolute Gasteiger partial charge is 0.502 e. The quantitative estimate of drug-likeness (QED) is 0.314. The highest BCUT2D eigenvalue weighted by Crippen LogP contribution is 2.32. The summed E-state index contributed by atoms with van der Waals surface area (Å²) in [7, 11) is -11.8. The van der Waals surface area contributed by atoms with E-state index in [2.05, 4.69) is 0 Å². The number of hydrogen-bond acceptors (Lipinski definition) is 4. The third-order valence-electron chi connectivity index (χ3n) is 3.55. The summed E-state index contributed by atoms with van der Waals surface area (Å²) in [6.07, 6.45) is -1.58. The Balaban J connectivity index is 3.62. The van der Waals surface area contributed by atoms with Gasteiger partial charge in [0.1, 0.15) is 11.2 Å². The third kappa shape index (κ3) is 4.82. The predicted octanol–water partition coefficient (Wildman–Crippen LogP) is 2.98. The van der Waals surface area contributed by atoms with Crippen LogP contribution in [0.25, 0.3) is 0 Å². The largest absolute Gasteiger partial charge is 0.771 e. The van der Waals surface area contributed by atoms with Crippen molar-refractivity contribution in [1.29, 1.82) is 0 Å². The van der Waals surface area contributed by atoms with Crippen LogP contribution in [0, 0.1) is 0 Å². The fourth-order valence-corrected chi connectivity index (χ4v) is 4.81. The standard InChI is InChI=1S/C14H15F6NO4S2/c1-9(2)21(3)11-6-4-10(5-7-11)8-12(26(22,23)13(15,16)17)27(24,25)14(18,19)20/h4-7H,8H2,1-3H3. The number of hydrogen-bond donors (Lipinski definition) is 0. The van der Waals surface area contributed by atoms with Gasteiger partial charge in [-0.05, 0) is 5.56 Å². The molecule has 0 fully saturated rings. The van der Waals surface area contributed by atoms with Crippen LogP contribution in [-0.4, -0.2) is 49.7 Å². The zero-order valence-electron chi connectivity index (χ0n) is 14.2. The molecule has 1 atom stereocenters. The molecule has 0 aliphatic rings. The van der Waals surface area contributed by atoms with E-state index in [1.165, 1.54) is 12.1 Å². The van der Waals surface area contributed by atoms with Gasteiger partial charge >= 0.3 is 11.0 Å². The van der Waals surface area contributed by atoms with Crippen molar-refractivity contribution in [1.82, 2.24) is 0 Å². The van der Waals surface area contributed by atoms with Gasteiger partial charge in [-0.2, -0.15) is 26.3 Å². The molecule has 154 valence electrons. The van der Waals surface area contributed by atoms with Gasteiger partial charge in [0, 0.05) is 42.2 Å². The van der Waals surface area contributed by atoms with Crippen LogP contribution in [0.3, 0.4) is 0 Å². The summed E-state index contributed by atoms with van der Waals surface area (Å²) in [6.45, 7) is 3.48. The molecule has 13 heteroatoms. The predicted molar refractivity (Wildman–Crippen MR) is 87.3 cm³/mol. The van der Waals surface area contributed by atoms with Gasteiger partial charge in [-0.25, -0.2) is 13.0 Å². The highest BCUT2D eigenvalue weighted by atomic mass is 32.3. The molecule has 0 saturated heterocycles. The van der Waals surface area contributed by atoms with Gasteiger partial charge in [-0.3, -0.25) is 4.21 Å². The molecule has 0 saturated carbocycles. The molecule has 0 heterocycles. The molecular weight excluding hydrogens is 424 g/mol. The van der Waals surface area contributed by atoms with Gasteiger partial charge in [0.25, 0.3) is 9.84 Å². The molecule has 0 amide bonds. The van der Waals surface area contributed by atoms with Crippen LogP contribution >= 0.6 is 0 Å². The molecule has 1 aromatic carbocycles. The number of nitrogens with zero attached hydrogens (tertiary/aromatic N) is 1. The number of rotatable bonds is 3. The minimum Gasteiger partial charge on any atom is -0.771 e. The fraction of sp³-hybridized carbons (Fsp3) is 0.429. The molecule has 0 aliphatic carbocycles. The van der Waals surface area contributed by atoms with Crippen molar-refractivity contribution in [3.05, 3.63) is 29.8 Å². The number of halogens is 6. The molecule has 0 aromatic heterocycles. The van der Waals surface area contributed by atoms with E-state index >= 15 is 0 Å². The molecular formula is C14H15F6NO4S2. The van der Waals surface area contributed by atoms with Crippen LogP contribution in [0.2, 0.25) is 0 Å². The lowest BCUT2D eigenvalue weighted by molar-refractivity contribution is -0.406. The molecule has 1 aromatic rings. The van der Waals surface area contributed by atoms with E-state index in [9.17, 15) is 43.5 Å². The second-order valence-corrected chi connectivity index (χ2v) is 9.80. The summed E-state index contributed by atoms with van der Waals surface area (Å²) in [5, 5.41) is 0. The first-order chi connectivity index (χ1) is 11.9. The summed E-state index contributed by atoms with van der Waals surface area (Å²) in [5.41, 5.74) is -11.4. The molecule has 0 spiro atoms. The monoisotopic (exact) mass is 439 g/mol. The van der Waals surface area contributed by atoms with Crippen LogP contribution in [0.1, 0.15) is 19.4 Å². The van der Waals surface area contributed by atoms with Gasteiger partial charge in [-0.15, -0.1) is 0 Å². The maximum atomic E-state index is 12.7. The minimum absolute atomic E-state index is 0.350. The van der Waals surface area contributed by atoms with Crippen molar-refractivity contribution in [2.45, 2.75) is 31.3 Å². The molecule has 5 nitrogen and oxygen atoms in total. The Morgan fingerprint density at radius 1 is 0.963 bits per heavy atom. The van der Waals surface area contributed by atoms with E-state index in [1.54, 1.807) is 25.5 Å². The van der Waals surface area contributed by atoms with E-state index in [0.29, 0.717) is 5.69 Å². The molecule has 1 unspecified atom stereocenters. The average Bonchev–Trinajstić information content (AvgIpc) is 2.49. The van der Waals surface area contributed by atoms with E-state index in [4.69, 9.17) is 0 Å². The number of sulfone groups is 1. The van der Waals surface area contributed by atoms with Gasteiger partial charge in [0.2, 0.25) is 5.69 Å². The van der Waals surface area contributed by atoms with Crippen LogP contribution < -0.4 is 0 Å². The first kappa shape index (κ1) is 23.4. The summed E-state index contributed by atoms with van der Waals surface area (Å²) in [5.74, 6) is 0. The fourth-order valence-electron chi connectivity index (χ4n) is 1.85. The second-order valence-electron chi connectivity index (χ2n) is 5.62. The molecule has 0 N–H and O–H groups in total. The molecule has 0 radical (unpaired) electrons. The Labute approximate surface area is 152 Å². The second kappa shape index (κ2) is 7.43.